The lowest BCUT2D eigenvalue weighted by Crippen LogP contribution is -2.52. The first-order valence-corrected chi connectivity index (χ1v) is 9.35. The highest BCUT2D eigenvalue weighted by atomic mass is 16.2. The van der Waals surface area contributed by atoms with Crippen molar-refractivity contribution in [2.24, 2.45) is 5.73 Å². The Morgan fingerprint density at radius 1 is 1.14 bits per heavy atom. The van der Waals surface area contributed by atoms with Gasteiger partial charge in [-0.15, -0.1) is 0 Å². The van der Waals surface area contributed by atoms with Gasteiger partial charge >= 0.3 is 0 Å². The molecule has 0 radical (unpaired) electrons. The number of para-hydroxylation sites is 1. The molecule has 2 aliphatic heterocycles. The highest BCUT2D eigenvalue weighted by Gasteiger charge is 2.39. The third-order valence-electron chi connectivity index (χ3n) is 5.31. The Bertz CT molecular complexity index is 956. The van der Waals surface area contributed by atoms with E-state index < -0.39 is 11.9 Å². The first kappa shape index (κ1) is 18.2. The van der Waals surface area contributed by atoms with Gasteiger partial charge in [-0.3, -0.25) is 19.7 Å². The van der Waals surface area contributed by atoms with Crippen molar-refractivity contribution >= 4 is 23.4 Å². The maximum atomic E-state index is 12.9. The van der Waals surface area contributed by atoms with Gasteiger partial charge in [0.05, 0.1) is 0 Å². The highest BCUT2D eigenvalue weighted by molar-refractivity contribution is 6.05. The van der Waals surface area contributed by atoms with Gasteiger partial charge in [-0.05, 0) is 35.2 Å². The summed E-state index contributed by atoms with van der Waals surface area (Å²) in [5.74, 6) is -0.831. The number of rotatable bonds is 5. The van der Waals surface area contributed by atoms with Gasteiger partial charge in [0.15, 0.2) is 0 Å². The first-order chi connectivity index (χ1) is 13.6. The fourth-order valence-electron chi connectivity index (χ4n) is 3.78. The van der Waals surface area contributed by atoms with Crippen LogP contribution in [0.15, 0.2) is 42.5 Å². The zero-order chi connectivity index (χ0) is 19.7. The van der Waals surface area contributed by atoms with Crippen LogP contribution in [0.2, 0.25) is 0 Å². The van der Waals surface area contributed by atoms with Crippen LogP contribution >= 0.6 is 0 Å². The topological polar surface area (TPSA) is 105 Å². The fourth-order valence-corrected chi connectivity index (χ4v) is 3.78. The molecule has 4 rings (SSSR count). The molecule has 1 saturated heterocycles. The maximum absolute atomic E-state index is 12.9. The third kappa shape index (κ3) is 3.36. The van der Waals surface area contributed by atoms with E-state index in [0.717, 1.165) is 22.4 Å². The Balaban J connectivity index is 1.48. The van der Waals surface area contributed by atoms with E-state index in [1.807, 2.05) is 42.5 Å². The summed E-state index contributed by atoms with van der Waals surface area (Å²) in [7, 11) is 0. The second-order valence-electron chi connectivity index (χ2n) is 7.11. The summed E-state index contributed by atoms with van der Waals surface area (Å²) in [5, 5.41) is 5.69. The molecule has 2 aromatic rings. The normalized spacial score (nSPS) is 18.8. The Labute approximate surface area is 162 Å². The van der Waals surface area contributed by atoms with Crippen molar-refractivity contribution in [1.82, 2.24) is 10.2 Å². The zero-order valence-electron chi connectivity index (χ0n) is 15.4. The van der Waals surface area contributed by atoms with Crippen LogP contribution in [0.5, 0.6) is 0 Å². The molecule has 144 valence electrons. The van der Waals surface area contributed by atoms with Gasteiger partial charge in [-0.1, -0.05) is 30.3 Å². The van der Waals surface area contributed by atoms with Crippen molar-refractivity contribution in [2.75, 3.05) is 5.32 Å². The molecule has 2 heterocycles. The summed E-state index contributed by atoms with van der Waals surface area (Å²) in [6.07, 6.45) is 0.626. The third-order valence-corrected chi connectivity index (χ3v) is 5.31. The monoisotopic (exact) mass is 378 g/mol. The summed E-state index contributed by atoms with van der Waals surface area (Å²) in [5.41, 5.74) is 10.3. The number of carbonyl (C=O) groups excluding carboxylic acids is 3. The summed E-state index contributed by atoms with van der Waals surface area (Å²) in [6, 6.07) is 13.1. The molecule has 1 fully saturated rings. The number of hydrogen-bond donors (Lipinski definition) is 3. The minimum atomic E-state index is -0.587. The van der Waals surface area contributed by atoms with E-state index in [4.69, 9.17) is 5.73 Å². The number of fused-ring (bicyclic) bond motifs is 1. The van der Waals surface area contributed by atoms with Crippen molar-refractivity contribution in [3.05, 3.63) is 64.7 Å². The van der Waals surface area contributed by atoms with Gasteiger partial charge in [-0.2, -0.15) is 0 Å². The van der Waals surface area contributed by atoms with Crippen LogP contribution in [0, 0.1) is 0 Å². The fraction of sp³-hybridized carbons (Fsp3) is 0.286. The van der Waals surface area contributed by atoms with Crippen LogP contribution < -0.4 is 16.4 Å². The number of piperidine rings is 1. The SMILES string of the molecule is NCc1ccccc1NCc1ccc2c(c1)C(=O)N(C1CCC(=O)NC1=O)C2. The Morgan fingerprint density at radius 3 is 2.75 bits per heavy atom. The first-order valence-electron chi connectivity index (χ1n) is 9.35. The molecule has 1 unspecified atom stereocenters. The van der Waals surface area contributed by atoms with Crippen LogP contribution in [-0.4, -0.2) is 28.7 Å². The summed E-state index contributed by atoms with van der Waals surface area (Å²) >= 11 is 0. The molecular formula is C21H22N4O3. The number of anilines is 1. The Hall–Kier alpha value is -3.19. The van der Waals surface area contributed by atoms with Crippen LogP contribution in [0.3, 0.4) is 0 Å². The predicted octanol–water partition coefficient (Wildman–Crippen LogP) is 1.52. The highest BCUT2D eigenvalue weighted by Crippen LogP contribution is 2.28. The molecule has 7 heteroatoms. The second-order valence-corrected chi connectivity index (χ2v) is 7.11. The predicted molar refractivity (Wildman–Crippen MR) is 104 cm³/mol. The van der Waals surface area contributed by atoms with Crippen molar-refractivity contribution in [3.63, 3.8) is 0 Å². The number of nitrogens with zero attached hydrogens (tertiary/aromatic N) is 1. The number of nitrogens with one attached hydrogen (secondary N) is 2. The molecule has 4 N–H and O–H groups in total. The van der Waals surface area contributed by atoms with Gasteiger partial charge < -0.3 is 16.0 Å². The number of hydrogen-bond acceptors (Lipinski definition) is 5. The number of benzene rings is 2. The summed E-state index contributed by atoms with van der Waals surface area (Å²) < 4.78 is 0. The smallest absolute Gasteiger partial charge is 0.255 e. The van der Waals surface area contributed by atoms with Gasteiger partial charge in [0, 0.05) is 37.3 Å². The Kier molecular flexibility index (Phi) is 4.83. The lowest BCUT2D eigenvalue weighted by Gasteiger charge is -2.29. The molecule has 0 aliphatic carbocycles. The lowest BCUT2D eigenvalue weighted by atomic mass is 10.0. The van der Waals surface area contributed by atoms with E-state index in [0.29, 0.717) is 31.6 Å². The lowest BCUT2D eigenvalue weighted by molar-refractivity contribution is -0.136. The van der Waals surface area contributed by atoms with Crippen LogP contribution in [0.4, 0.5) is 5.69 Å². The molecule has 1 atom stereocenters. The van der Waals surface area contributed by atoms with Crippen molar-refractivity contribution in [2.45, 2.75) is 38.5 Å². The molecule has 28 heavy (non-hydrogen) atoms. The van der Waals surface area contributed by atoms with Crippen LogP contribution in [0.25, 0.3) is 0 Å². The van der Waals surface area contributed by atoms with E-state index in [1.54, 1.807) is 4.90 Å². The van der Waals surface area contributed by atoms with E-state index >= 15 is 0 Å². The van der Waals surface area contributed by atoms with Gasteiger partial charge in [0.2, 0.25) is 11.8 Å². The quantitative estimate of drug-likeness (QED) is 0.684. The second kappa shape index (κ2) is 7.44. The van der Waals surface area contributed by atoms with Gasteiger partial charge in [0.1, 0.15) is 6.04 Å². The molecule has 0 saturated carbocycles. The summed E-state index contributed by atoms with van der Waals surface area (Å²) in [6.45, 7) is 1.41. The number of carbonyl (C=O) groups is 3. The molecular weight excluding hydrogens is 356 g/mol. The van der Waals surface area contributed by atoms with Gasteiger partial charge in [-0.25, -0.2) is 0 Å². The van der Waals surface area contributed by atoms with E-state index in [2.05, 4.69) is 10.6 Å². The molecule has 0 aromatic heterocycles. The number of nitrogens with two attached hydrogens (primary N) is 1. The van der Waals surface area contributed by atoms with Crippen molar-refractivity contribution in [1.29, 1.82) is 0 Å². The Morgan fingerprint density at radius 2 is 1.96 bits per heavy atom. The van der Waals surface area contributed by atoms with E-state index in [1.165, 1.54) is 0 Å². The van der Waals surface area contributed by atoms with Crippen LogP contribution in [-0.2, 0) is 29.2 Å². The van der Waals surface area contributed by atoms with Crippen LogP contribution in [0.1, 0.15) is 39.9 Å². The summed E-state index contributed by atoms with van der Waals surface area (Å²) in [4.78, 5) is 37.9. The van der Waals surface area contributed by atoms with Crippen molar-refractivity contribution < 1.29 is 14.4 Å². The molecule has 7 nitrogen and oxygen atoms in total. The number of imide groups is 1. The van der Waals surface area contributed by atoms with E-state index in [9.17, 15) is 14.4 Å². The van der Waals surface area contributed by atoms with E-state index in [-0.39, 0.29) is 18.2 Å². The standard InChI is InChI=1S/C21H22N4O3/c22-10-14-3-1-2-4-17(14)23-11-13-5-6-15-12-25(21(28)16(15)9-13)18-7-8-19(26)24-20(18)27/h1-6,9,18,23H,7-8,10-12,22H2,(H,24,26,27). The molecule has 0 bridgehead atoms. The minimum Gasteiger partial charge on any atom is -0.381 e. The molecule has 2 aliphatic rings. The average molecular weight is 378 g/mol. The minimum absolute atomic E-state index is 0.159. The average Bonchev–Trinajstić information content (AvgIpc) is 3.02. The largest absolute Gasteiger partial charge is 0.381 e. The molecule has 0 spiro atoms. The number of amides is 3. The van der Waals surface area contributed by atoms with Crippen molar-refractivity contribution in [3.8, 4) is 0 Å². The zero-order valence-corrected chi connectivity index (χ0v) is 15.4. The molecule has 2 aromatic carbocycles. The van der Waals surface area contributed by atoms with Gasteiger partial charge in [0.25, 0.3) is 5.91 Å². The molecule has 3 amide bonds. The maximum Gasteiger partial charge on any atom is 0.255 e.